The largest absolute Gasteiger partial charge is 0.493 e. The molecule has 35 heavy (non-hydrogen) atoms. The van der Waals surface area contributed by atoms with E-state index in [0.717, 1.165) is 19.4 Å². The molecule has 3 N–H and O–H groups in total. The summed E-state index contributed by atoms with van der Waals surface area (Å²) in [5, 5.41) is 7.87. The number of benzene rings is 1. The molecule has 0 unspecified atom stereocenters. The van der Waals surface area contributed by atoms with E-state index in [1.165, 1.54) is 5.69 Å². The number of fused-ring (bicyclic) bond motifs is 1. The summed E-state index contributed by atoms with van der Waals surface area (Å²) in [4.78, 5) is 47.8. The highest BCUT2D eigenvalue weighted by Gasteiger charge is 2.19. The topological polar surface area (TPSA) is 119 Å². The average molecular weight is 499 g/mol. The monoisotopic (exact) mass is 498 g/mol. The molecular formula is C25H30N4O5S. The third-order valence-corrected chi connectivity index (χ3v) is 5.80. The van der Waals surface area contributed by atoms with E-state index in [9.17, 15) is 19.2 Å². The maximum atomic E-state index is 12.8. The van der Waals surface area contributed by atoms with Crippen LogP contribution in [0.4, 0.5) is 0 Å². The molecule has 0 fully saturated rings. The lowest BCUT2D eigenvalue weighted by Gasteiger charge is -2.11. The smallest absolute Gasteiger partial charge is 0.239 e. The number of nitrogens with one attached hydrogen (secondary N) is 3. The van der Waals surface area contributed by atoms with Gasteiger partial charge in [-0.3, -0.25) is 19.2 Å². The number of carbonyl (C=O) groups excluding carboxylic acids is 4. The van der Waals surface area contributed by atoms with Gasteiger partial charge < -0.3 is 25.3 Å². The Morgan fingerprint density at radius 3 is 2.43 bits per heavy atom. The van der Waals surface area contributed by atoms with Crippen molar-refractivity contribution in [1.29, 1.82) is 0 Å². The summed E-state index contributed by atoms with van der Waals surface area (Å²) < 4.78 is 7.68. The van der Waals surface area contributed by atoms with Crippen LogP contribution in [-0.4, -0.2) is 59.9 Å². The molecule has 0 aliphatic carbocycles. The predicted molar refractivity (Wildman–Crippen MR) is 135 cm³/mol. The summed E-state index contributed by atoms with van der Waals surface area (Å²) in [6.45, 7) is 4.76. The van der Waals surface area contributed by atoms with Crippen LogP contribution in [0.15, 0.2) is 48.7 Å². The van der Waals surface area contributed by atoms with Crippen LogP contribution in [0.3, 0.4) is 0 Å². The second-order valence-electron chi connectivity index (χ2n) is 8.12. The Labute approximate surface area is 209 Å². The number of aromatic nitrogens is 1. The Morgan fingerprint density at radius 1 is 0.943 bits per heavy atom. The van der Waals surface area contributed by atoms with Crippen LogP contribution in [0.2, 0.25) is 0 Å². The van der Waals surface area contributed by atoms with Gasteiger partial charge in [-0.1, -0.05) is 6.58 Å². The summed E-state index contributed by atoms with van der Waals surface area (Å²) >= 11 is 3.85. The van der Waals surface area contributed by atoms with Gasteiger partial charge in [0.1, 0.15) is 5.75 Å². The van der Waals surface area contributed by atoms with Crippen LogP contribution in [-0.2, 0) is 27.3 Å². The normalized spacial score (nSPS) is 11.9. The standard InChI is InChI=1S/C25H30N4O5S/c1-17(13-27-24(32)16-35)26-15-23(31)28-14-20(30)10-12-34-21-7-4-18(5-8-21)25(33)22-9-6-19-3-2-11-29(19)22/h4-9,26,35H,1-3,10-16H2,(H,27,32)(H,28,31). The first-order valence-electron chi connectivity index (χ1n) is 11.4. The van der Waals surface area contributed by atoms with Crippen molar-refractivity contribution in [2.45, 2.75) is 25.8 Å². The number of ether oxygens (including phenoxy) is 1. The number of carbonyl (C=O) groups is 4. The summed E-state index contributed by atoms with van der Waals surface area (Å²) in [5.41, 5.74) is 2.97. The van der Waals surface area contributed by atoms with Crippen molar-refractivity contribution in [3.8, 4) is 5.75 Å². The lowest BCUT2D eigenvalue weighted by molar-refractivity contribution is -0.124. The molecule has 1 aromatic heterocycles. The van der Waals surface area contributed by atoms with Gasteiger partial charge in [0, 0.05) is 29.9 Å². The number of amides is 2. The fourth-order valence-corrected chi connectivity index (χ4v) is 3.73. The van der Waals surface area contributed by atoms with Crippen LogP contribution >= 0.6 is 12.6 Å². The highest BCUT2D eigenvalue weighted by molar-refractivity contribution is 7.81. The molecule has 2 amide bonds. The highest BCUT2D eigenvalue weighted by Crippen LogP contribution is 2.22. The maximum absolute atomic E-state index is 12.8. The predicted octanol–water partition coefficient (Wildman–Crippen LogP) is 1.27. The van der Waals surface area contributed by atoms with Crippen LogP contribution in [0.25, 0.3) is 0 Å². The molecule has 1 aromatic carbocycles. The molecule has 0 bridgehead atoms. The summed E-state index contributed by atoms with van der Waals surface area (Å²) in [6.07, 6.45) is 2.20. The van der Waals surface area contributed by atoms with Crippen molar-refractivity contribution < 1.29 is 23.9 Å². The highest BCUT2D eigenvalue weighted by atomic mass is 32.1. The Hall–Kier alpha value is -3.53. The molecule has 3 rings (SSSR count). The first kappa shape index (κ1) is 26.1. The maximum Gasteiger partial charge on any atom is 0.239 e. The van der Waals surface area contributed by atoms with Gasteiger partial charge in [0.15, 0.2) is 5.78 Å². The van der Waals surface area contributed by atoms with Crippen molar-refractivity contribution in [2.24, 2.45) is 0 Å². The van der Waals surface area contributed by atoms with Crippen LogP contribution in [0.1, 0.15) is 34.6 Å². The van der Waals surface area contributed by atoms with E-state index >= 15 is 0 Å². The molecule has 186 valence electrons. The van der Waals surface area contributed by atoms with Gasteiger partial charge in [0.2, 0.25) is 17.6 Å². The number of ketones is 2. The number of rotatable bonds is 14. The van der Waals surface area contributed by atoms with Gasteiger partial charge in [-0.05, 0) is 49.2 Å². The zero-order valence-corrected chi connectivity index (χ0v) is 20.4. The minimum atomic E-state index is -0.366. The Kier molecular flexibility index (Phi) is 9.54. The van der Waals surface area contributed by atoms with Crippen molar-refractivity contribution in [3.05, 3.63) is 65.6 Å². The molecule has 1 aliphatic heterocycles. The van der Waals surface area contributed by atoms with Crippen molar-refractivity contribution in [3.63, 3.8) is 0 Å². The van der Waals surface area contributed by atoms with Gasteiger partial charge in [0.25, 0.3) is 0 Å². The minimum absolute atomic E-state index is 0.0175. The fraction of sp³-hybridized carbons (Fsp3) is 0.360. The Morgan fingerprint density at radius 2 is 1.69 bits per heavy atom. The van der Waals surface area contributed by atoms with Gasteiger partial charge in [-0.25, -0.2) is 0 Å². The van der Waals surface area contributed by atoms with Crippen molar-refractivity contribution in [2.75, 3.05) is 32.0 Å². The fourth-order valence-electron chi connectivity index (χ4n) is 3.62. The Bertz CT molecular complexity index is 1090. The SMILES string of the molecule is C=C(CNC(=O)CS)NCC(=O)NCC(=O)CCOc1ccc(C(=O)c2ccc3n2CCC3)cc1. The van der Waals surface area contributed by atoms with E-state index < -0.39 is 0 Å². The molecule has 9 nitrogen and oxygen atoms in total. The van der Waals surface area contributed by atoms with E-state index in [4.69, 9.17) is 4.74 Å². The third-order valence-electron chi connectivity index (χ3n) is 5.51. The number of thiol groups is 1. The number of nitrogens with zero attached hydrogens (tertiary/aromatic N) is 1. The average Bonchev–Trinajstić information content (AvgIpc) is 3.49. The van der Waals surface area contributed by atoms with Crippen molar-refractivity contribution >= 4 is 36.0 Å². The zero-order valence-electron chi connectivity index (χ0n) is 19.5. The van der Waals surface area contributed by atoms with Gasteiger partial charge in [-0.15, -0.1) is 0 Å². The lowest BCUT2D eigenvalue weighted by Crippen LogP contribution is -2.38. The molecule has 10 heteroatoms. The van der Waals surface area contributed by atoms with E-state index in [1.807, 2.05) is 12.1 Å². The molecule has 0 saturated heterocycles. The minimum Gasteiger partial charge on any atom is -0.493 e. The second kappa shape index (κ2) is 12.8. The third kappa shape index (κ3) is 7.74. The number of hydrogen-bond donors (Lipinski definition) is 4. The summed E-state index contributed by atoms with van der Waals surface area (Å²) in [5.74, 6) is -0.164. The Balaban J connectivity index is 1.32. The molecule has 0 atom stereocenters. The van der Waals surface area contributed by atoms with E-state index in [1.54, 1.807) is 24.3 Å². The number of aryl methyl sites for hydroxylation is 1. The summed E-state index contributed by atoms with van der Waals surface area (Å²) in [6, 6.07) is 10.8. The van der Waals surface area contributed by atoms with Crippen molar-refractivity contribution in [1.82, 2.24) is 20.5 Å². The van der Waals surface area contributed by atoms with Gasteiger partial charge >= 0.3 is 0 Å². The quantitative estimate of drug-likeness (QED) is 0.230. The first-order valence-corrected chi connectivity index (χ1v) is 12.0. The first-order chi connectivity index (χ1) is 16.9. The van der Waals surface area contributed by atoms with Crippen LogP contribution < -0.4 is 20.7 Å². The van der Waals surface area contributed by atoms with Gasteiger partial charge in [-0.2, -0.15) is 12.6 Å². The van der Waals surface area contributed by atoms with E-state index in [2.05, 4.69) is 39.7 Å². The van der Waals surface area contributed by atoms with Crippen LogP contribution in [0, 0.1) is 0 Å². The number of Topliss-reactive ketones (excluding diaryl/α,β-unsaturated/α-hetero) is 1. The molecule has 2 aromatic rings. The second-order valence-corrected chi connectivity index (χ2v) is 8.44. The molecule has 0 saturated carbocycles. The van der Waals surface area contributed by atoms with E-state index in [-0.39, 0.29) is 61.8 Å². The van der Waals surface area contributed by atoms with Gasteiger partial charge in [0.05, 0.1) is 37.7 Å². The van der Waals surface area contributed by atoms with Crippen LogP contribution in [0.5, 0.6) is 5.75 Å². The molecule has 0 radical (unpaired) electrons. The number of hydrogen-bond acceptors (Lipinski definition) is 7. The zero-order chi connectivity index (χ0) is 25.2. The molecular weight excluding hydrogens is 468 g/mol. The van der Waals surface area contributed by atoms with E-state index in [0.29, 0.717) is 22.7 Å². The lowest BCUT2D eigenvalue weighted by atomic mass is 10.1. The molecule has 0 spiro atoms. The summed E-state index contributed by atoms with van der Waals surface area (Å²) in [7, 11) is 0. The molecule has 1 aliphatic rings. The molecule has 2 heterocycles.